The number of pyridine rings is 1. The summed E-state index contributed by atoms with van der Waals surface area (Å²) in [6.07, 6.45) is 0. The molecular weight excluding hydrogens is 370 g/mol. The van der Waals surface area contributed by atoms with E-state index in [1.165, 1.54) is 0 Å². The van der Waals surface area contributed by atoms with E-state index in [-0.39, 0.29) is 12.5 Å². The summed E-state index contributed by atoms with van der Waals surface area (Å²) in [7, 11) is 1.62. The summed E-state index contributed by atoms with van der Waals surface area (Å²) in [5.74, 6) is 1.18. The molecule has 2 N–H and O–H groups in total. The standard InChI is InChI=1S/C23H17NO5/c1-27-15-5-2-13(3-6-15)18-11-17(14-4-9-20-21(10-14)29-12-28-20)16-7-8-19(23(25)26)24-22(16)18/h2-11,24H,12H2,1H3,(H,25,26). The highest BCUT2D eigenvalue weighted by molar-refractivity contribution is 5.98. The van der Waals surface area contributed by atoms with Crippen LogP contribution in [0.4, 0.5) is 0 Å². The van der Waals surface area contributed by atoms with Gasteiger partial charge in [-0.25, -0.2) is 4.79 Å². The molecule has 0 radical (unpaired) electrons. The maximum absolute atomic E-state index is 11.5. The van der Waals surface area contributed by atoms with E-state index in [2.05, 4.69) is 11.1 Å². The minimum Gasteiger partial charge on any atom is -0.497 e. The molecule has 0 bridgehead atoms. The van der Waals surface area contributed by atoms with Gasteiger partial charge in [0.05, 0.1) is 12.8 Å². The predicted molar refractivity (Wildman–Crippen MR) is 108 cm³/mol. The molecular formula is C23H17NO5. The van der Waals surface area contributed by atoms with E-state index in [4.69, 9.17) is 14.2 Å². The second-order valence-electron chi connectivity index (χ2n) is 6.73. The summed E-state index contributed by atoms with van der Waals surface area (Å²) in [6, 6.07) is 19.0. The topological polar surface area (TPSA) is 80.8 Å². The van der Waals surface area contributed by atoms with E-state index in [0.29, 0.717) is 5.75 Å². The quantitative estimate of drug-likeness (QED) is 0.521. The number of ether oxygens (including phenoxy) is 3. The first-order chi connectivity index (χ1) is 14.1. The average Bonchev–Trinajstić information content (AvgIpc) is 3.37. The number of benzene rings is 2. The third-order valence-electron chi connectivity index (χ3n) is 5.11. The van der Waals surface area contributed by atoms with Gasteiger partial charge in [-0.05, 0) is 59.2 Å². The van der Waals surface area contributed by atoms with Gasteiger partial charge in [0.1, 0.15) is 11.4 Å². The summed E-state index contributed by atoms with van der Waals surface area (Å²) < 4.78 is 16.2. The van der Waals surface area contributed by atoms with Crippen LogP contribution >= 0.6 is 0 Å². The van der Waals surface area contributed by atoms with Gasteiger partial charge >= 0.3 is 5.97 Å². The maximum atomic E-state index is 11.5. The van der Waals surface area contributed by atoms with Crippen molar-refractivity contribution in [1.29, 1.82) is 0 Å². The van der Waals surface area contributed by atoms with Gasteiger partial charge in [0.25, 0.3) is 0 Å². The number of hydrogen-bond donors (Lipinski definition) is 2. The third kappa shape index (κ3) is 2.86. The number of aromatic nitrogens is 1. The molecule has 144 valence electrons. The van der Waals surface area contributed by atoms with E-state index in [1.807, 2.05) is 48.5 Å². The number of carbonyl (C=O) groups is 1. The van der Waals surface area contributed by atoms with Crippen molar-refractivity contribution in [2.24, 2.45) is 0 Å². The fraction of sp³-hybridized carbons (Fsp3) is 0.0870. The van der Waals surface area contributed by atoms with Crippen molar-refractivity contribution in [3.05, 3.63) is 66.4 Å². The van der Waals surface area contributed by atoms with Gasteiger partial charge in [-0.15, -0.1) is 0 Å². The second kappa shape index (κ2) is 6.60. The number of rotatable bonds is 4. The molecule has 0 fully saturated rings. The number of carboxylic acid groups (broad SMARTS) is 1. The number of aromatic amines is 1. The molecule has 0 saturated carbocycles. The van der Waals surface area contributed by atoms with E-state index >= 15 is 0 Å². The number of carboxylic acids is 1. The first-order valence-corrected chi connectivity index (χ1v) is 9.07. The Morgan fingerprint density at radius 3 is 2.41 bits per heavy atom. The molecule has 0 unspecified atom stereocenters. The minimum atomic E-state index is -1.00. The lowest BCUT2D eigenvalue weighted by molar-refractivity contribution is 0.0690. The van der Waals surface area contributed by atoms with Crippen LogP contribution < -0.4 is 14.2 Å². The Morgan fingerprint density at radius 1 is 0.897 bits per heavy atom. The normalized spacial score (nSPS) is 12.3. The number of hydrogen-bond acceptors (Lipinski definition) is 4. The summed E-state index contributed by atoms with van der Waals surface area (Å²) >= 11 is 0. The fourth-order valence-electron chi connectivity index (χ4n) is 3.65. The number of fused-ring (bicyclic) bond motifs is 2. The molecule has 0 aromatic heterocycles. The number of methoxy groups -OCH3 is 1. The number of nitrogens with one attached hydrogen (secondary N) is 1. The predicted octanol–water partition coefficient (Wildman–Crippen LogP) is 4.89. The van der Waals surface area contributed by atoms with Crippen molar-refractivity contribution >= 4 is 5.97 Å². The molecule has 0 saturated heterocycles. The van der Waals surface area contributed by atoms with E-state index in [9.17, 15) is 9.90 Å². The molecule has 29 heavy (non-hydrogen) atoms. The van der Waals surface area contributed by atoms with Crippen LogP contribution in [0.25, 0.3) is 33.5 Å². The molecule has 6 heteroatoms. The van der Waals surface area contributed by atoms with Crippen LogP contribution in [0, 0.1) is 0 Å². The van der Waals surface area contributed by atoms with Crippen molar-refractivity contribution < 1.29 is 24.1 Å². The Morgan fingerprint density at radius 2 is 1.66 bits per heavy atom. The van der Waals surface area contributed by atoms with Crippen LogP contribution in [0.5, 0.6) is 17.2 Å². The van der Waals surface area contributed by atoms with Crippen LogP contribution in [-0.2, 0) is 0 Å². The molecule has 3 aliphatic rings. The molecule has 5 rings (SSSR count). The molecule has 2 aromatic carbocycles. The Kier molecular flexibility index (Phi) is 3.91. The van der Waals surface area contributed by atoms with Gasteiger partial charge in [0.15, 0.2) is 11.5 Å². The fourth-order valence-corrected chi connectivity index (χ4v) is 3.65. The second-order valence-corrected chi connectivity index (χ2v) is 6.73. The maximum Gasteiger partial charge on any atom is 0.352 e. The lowest BCUT2D eigenvalue weighted by Crippen LogP contribution is -2.01. The highest BCUT2D eigenvalue weighted by Crippen LogP contribution is 2.45. The van der Waals surface area contributed by atoms with Crippen molar-refractivity contribution in [3.8, 4) is 50.8 Å². The van der Waals surface area contributed by atoms with Gasteiger partial charge in [-0.2, -0.15) is 0 Å². The minimum absolute atomic E-state index is 0.134. The number of H-pyrrole nitrogens is 1. The Labute approximate surface area is 166 Å². The first-order valence-electron chi connectivity index (χ1n) is 9.07. The lowest BCUT2D eigenvalue weighted by Gasteiger charge is -2.09. The molecule has 0 atom stereocenters. The van der Waals surface area contributed by atoms with Gasteiger partial charge in [-0.1, -0.05) is 18.2 Å². The lowest BCUT2D eigenvalue weighted by atomic mass is 10.0. The highest BCUT2D eigenvalue weighted by Gasteiger charge is 2.22. The summed E-state index contributed by atoms with van der Waals surface area (Å²) in [4.78, 5) is 14.6. The molecule has 0 spiro atoms. The van der Waals surface area contributed by atoms with Crippen molar-refractivity contribution in [2.45, 2.75) is 0 Å². The Bertz CT molecular complexity index is 1190. The average molecular weight is 387 g/mol. The van der Waals surface area contributed by atoms with Crippen molar-refractivity contribution in [1.82, 2.24) is 4.98 Å². The van der Waals surface area contributed by atoms with Crippen LogP contribution in [0.2, 0.25) is 0 Å². The zero-order valence-corrected chi connectivity index (χ0v) is 15.6. The summed E-state index contributed by atoms with van der Waals surface area (Å²) in [5.41, 5.74) is 5.66. The van der Waals surface area contributed by atoms with E-state index in [0.717, 1.165) is 45.0 Å². The van der Waals surface area contributed by atoms with E-state index in [1.54, 1.807) is 13.2 Å². The van der Waals surface area contributed by atoms with Crippen LogP contribution in [0.3, 0.4) is 0 Å². The van der Waals surface area contributed by atoms with Crippen LogP contribution in [-0.4, -0.2) is 30.0 Å². The third-order valence-corrected chi connectivity index (χ3v) is 5.11. The SMILES string of the molecule is COc1ccc(-c2cc(-c3ccc4c(c3)OCO4)c3ccc(C(=O)O)[nH]c2-3)cc1. The largest absolute Gasteiger partial charge is 0.497 e. The monoisotopic (exact) mass is 387 g/mol. The Hall–Kier alpha value is -3.93. The van der Waals surface area contributed by atoms with Gasteiger partial charge in [0.2, 0.25) is 6.79 Å². The Balaban J connectivity index is 1.71. The first kappa shape index (κ1) is 17.2. The molecule has 2 aromatic rings. The zero-order chi connectivity index (χ0) is 20.0. The number of aromatic carboxylic acids is 1. The van der Waals surface area contributed by atoms with Crippen molar-refractivity contribution in [3.63, 3.8) is 0 Å². The summed E-state index contributed by atoms with van der Waals surface area (Å²) in [5, 5.41) is 9.43. The van der Waals surface area contributed by atoms with E-state index < -0.39 is 5.97 Å². The van der Waals surface area contributed by atoms with Crippen LogP contribution in [0.15, 0.2) is 60.7 Å². The van der Waals surface area contributed by atoms with Gasteiger partial charge in [0, 0.05) is 11.1 Å². The smallest absolute Gasteiger partial charge is 0.352 e. The molecule has 2 heterocycles. The molecule has 0 amide bonds. The van der Waals surface area contributed by atoms with Crippen LogP contribution in [0.1, 0.15) is 10.5 Å². The summed E-state index contributed by atoms with van der Waals surface area (Å²) in [6.45, 7) is 0.216. The van der Waals surface area contributed by atoms with Gasteiger partial charge in [-0.3, -0.25) is 0 Å². The molecule has 6 nitrogen and oxygen atoms in total. The molecule has 1 aliphatic carbocycles. The molecule has 2 aliphatic heterocycles. The zero-order valence-electron chi connectivity index (χ0n) is 15.6. The van der Waals surface area contributed by atoms with Gasteiger partial charge < -0.3 is 24.3 Å². The highest BCUT2D eigenvalue weighted by atomic mass is 16.7. The van der Waals surface area contributed by atoms with Crippen molar-refractivity contribution in [2.75, 3.05) is 13.9 Å².